The topological polar surface area (TPSA) is 39.7 Å². The number of fused-ring (bicyclic) bond motifs is 2. The number of nitrogens with one attached hydrogen (secondary N) is 1. The summed E-state index contributed by atoms with van der Waals surface area (Å²) in [4.78, 5) is 0. The van der Waals surface area contributed by atoms with Crippen LogP contribution in [0.4, 0.5) is 0 Å². The second kappa shape index (κ2) is 4.97. The maximum Gasteiger partial charge on any atom is 0.231 e. The zero-order chi connectivity index (χ0) is 14.2. The van der Waals surface area contributed by atoms with Crippen LogP contribution in [-0.2, 0) is 6.42 Å². The summed E-state index contributed by atoms with van der Waals surface area (Å²) in [5.41, 5.74) is 2.67. The largest absolute Gasteiger partial charge is 0.488 e. The van der Waals surface area contributed by atoms with Gasteiger partial charge in [-0.05, 0) is 30.3 Å². The molecule has 0 saturated carbocycles. The van der Waals surface area contributed by atoms with Gasteiger partial charge in [0, 0.05) is 12.5 Å². The van der Waals surface area contributed by atoms with Crippen molar-refractivity contribution >= 4 is 0 Å². The van der Waals surface area contributed by atoms with E-state index in [0.29, 0.717) is 0 Å². The van der Waals surface area contributed by atoms with Crippen LogP contribution >= 0.6 is 0 Å². The van der Waals surface area contributed by atoms with Gasteiger partial charge in [-0.15, -0.1) is 0 Å². The van der Waals surface area contributed by atoms with Crippen molar-refractivity contribution in [2.24, 2.45) is 0 Å². The van der Waals surface area contributed by atoms with Crippen LogP contribution < -0.4 is 19.5 Å². The standard InChI is InChI=1S/C17H17NO3/c1-18-17-13-5-3-2-4-11(13)8-16(17)21-12-6-7-14-15(9-12)20-10-19-14/h2-7,9,16-18H,8,10H2,1H3. The van der Waals surface area contributed by atoms with E-state index in [4.69, 9.17) is 14.2 Å². The number of hydrogen-bond donors (Lipinski definition) is 1. The maximum absolute atomic E-state index is 6.19. The molecule has 4 nitrogen and oxygen atoms in total. The van der Waals surface area contributed by atoms with Gasteiger partial charge >= 0.3 is 0 Å². The van der Waals surface area contributed by atoms with Crippen molar-refractivity contribution in [3.63, 3.8) is 0 Å². The highest BCUT2D eigenvalue weighted by molar-refractivity contribution is 5.47. The molecule has 0 bridgehead atoms. The number of benzene rings is 2. The quantitative estimate of drug-likeness (QED) is 0.940. The van der Waals surface area contributed by atoms with Crippen molar-refractivity contribution in [3.05, 3.63) is 53.6 Å². The lowest BCUT2D eigenvalue weighted by Crippen LogP contribution is -2.30. The summed E-state index contributed by atoms with van der Waals surface area (Å²) in [6.07, 6.45) is 1.00. The molecule has 0 saturated heterocycles. The van der Waals surface area contributed by atoms with E-state index in [-0.39, 0.29) is 18.9 Å². The molecule has 4 heteroatoms. The summed E-state index contributed by atoms with van der Waals surface area (Å²) in [5.74, 6) is 2.35. The van der Waals surface area contributed by atoms with Crippen LogP contribution in [0, 0.1) is 0 Å². The first-order valence-corrected chi connectivity index (χ1v) is 7.16. The number of rotatable bonds is 3. The molecule has 2 atom stereocenters. The van der Waals surface area contributed by atoms with Crippen LogP contribution in [0.2, 0.25) is 0 Å². The SMILES string of the molecule is CNC1c2ccccc2CC1Oc1ccc2c(c1)OCO2. The highest BCUT2D eigenvalue weighted by Gasteiger charge is 2.33. The number of ether oxygens (including phenoxy) is 3. The molecule has 0 aromatic heterocycles. The number of hydrogen-bond acceptors (Lipinski definition) is 4. The molecule has 4 rings (SSSR count). The second-order valence-corrected chi connectivity index (χ2v) is 5.34. The zero-order valence-electron chi connectivity index (χ0n) is 11.8. The Kier molecular flexibility index (Phi) is 2.97. The molecule has 1 N–H and O–H groups in total. The minimum absolute atomic E-state index is 0.0905. The molecule has 0 amide bonds. The third kappa shape index (κ3) is 2.12. The molecule has 1 heterocycles. The van der Waals surface area contributed by atoms with Gasteiger partial charge in [0.05, 0.1) is 6.04 Å². The molecular weight excluding hydrogens is 266 g/mol. The second-order valence-electron chi connectivity index (χ2n) is 5.34. The first-order chi connectivity index (χ1) is 10.3. The number of likely N-dealkylation sites (N-methyl/N-ethyl adjacent to an activating group) is 1. The van der Waals surface area contributed by atoms with E-state index in [2.05, 4.69) is 29.6 Å². The Hall–Kier alpha value is -2.20. The summed E-state index contributed by atoms with van der Waals surface area (Å²) in [6, 6.07) is 14.4. The van der Waals surface area contributed by atoms with Crippen LogP contribution in [-0.4, -0.2) is 19.9 Å². The van der Waals surface area contributed by atoms with Crippen molar-refractivity contribution in [1.29, 1.82) is 0 Å². The molecule has 2 aromatic rings. The predicted octanol–water partition coefficient (Wildman–Crippen LogP) is 2.68. The third-order valence-electron chi connectivity index (χ3n) is 4.13. The van der Waals surface area contributed by atoms with Crippen molar-refractivity contribution in [2.75, 3.05) is 13.8 Å². The first kappa shape index (κ1) is 12.5. The molecular formula is C17H17NO3. The molecule has 2 aliphatic rings. The average Bonchev–Trinajstić information content (AvgIpc) is 3.10. The lowest BCUT2D eigenvalue weighted by Gasteiger charge is -2.21. The van der Waals surface area contributed by atoms with Gasteiger partial charge < -0.3 is 19.5 Å². The van der Waals surface area contributed by atoms with Crippen molar-refractivity contribution in [3.8, 4) is 17.2 Å². The Labute approximate surface area is 123 Å². The maximum atomic E-state index is 6.19. The van der Waals surface area contributed by atoms with Gasteiger partial charge in [-0.2, -0.15) is 0 Å². The first-order valence-electron chi connectivity index (χ1n) is 7.16. The molecule has 0 spiro atoms. The third-order valence-corrected chi connectivity index (χ3v) is 4.13. The van der Waals surface area contributed by atoms with Gasteiger partial charge in [-0.25, -0.2) is 0 Å². The Bertz CT molecular complexity index is 671. The van der Waals surface area contributed by atoms with Gasteiger partial charge in [-0.1, -0.05) is 24.3 Å². The van der Waals surface area contributed by atoms with Crippen molar-refractivity contribution in [2.45, 2.75) is 18.6 Å². The van der Waals surface area contributed by atoms with Gasteiger partial charge in [0.2, 0.25) is 6.79 Å². The Morgan fingerprint density at radius 3 is 2.86 bits per heavy atom. The summed E-state index contributed by atoms with van der Waals surface area (Å²) in [7, 11) is 1.97. The summed E-state index contributed by atoms with van der Waals surface area (Å²) < 4.78 is 16.9. The van der Waals surface area contributed by atoms with E-state index < -0.39 is 0 Å². The monoisotopic (exact) mass is 283 g/mol. The zero-order valence-corrected chi connectivity index (χ0v) is 11.8. The van der Waals surface area contributed by atoms with Gasteiger partial charge in [-0.3, -0.25) is 0 Å². The Morgan fingerprint density at radius 1 is 1.10 bits per heavy atom. The van der Waals surface area contributed by atoms with Gasteiger partial charge in [0.25, 0.3) is 0 Å². The van der Waals surface area contributed by atoms with E-state index >= 15 is 0 Å². The molecule has 1 aliphatic heterocycles. The molecule has 0 radical (unpaired) electrons. The lowest BCUT2D eigenvalue weighted by molar-refractivity contribution is 0.168. The predicted molar refractivity (Wildman–Crippen MR) is 78.9 cm³/mol. The highest BCUT2D eigenvalue weighted by atomic mass is 16.7. The summed E-state index contributed by atoms with van der Waals surface area (Å²) in [5, 5.41) is 3.36. The molecule has 0 fully saturated rings. The molecule has 21 heavy (non-hydrogen) atoms. The van der Waals surface area contributed by atoms with E-state index in [9.17, 15) is 0 Å². The average molecular weight is 283 g/mol. The molecule has 2 unspecified atom stereocenters. The van der Waals surface area contributed by atoms with Crippen molar-refractivity contribution in [1.82, 2.24) is 5.32 Å². The Morgan fingerprint density at radius 2 is 1.95 bits per heavy atom. The van der Waals surface area contributed by atoms with E-state index in [1.54, 1.807) is 0 Å². The van der Waals surface area contributed by atoms with Crippen molar-refractivity contribution < 1.29 is 14.2 Å². The fourth-order valence-electron chi connectivity index (χ4n) is 3.13. The lowest BCUT2D eigenvalue weighted by atomic mass is 10.1. The van der Waals surface area contributed by atoms with E-state index in [1.165, 1.54) is 11.1 Å². The van der Waals surface area contributed by atoms with Gasteiger partial charge in [0.15, 0.2) is 11.5 Å². The van der Waals surface area contributed by atoms with E-state index in [1.807, 2.05) is 25.2 Å². The molecule has 1 aliphatic carbocycles. The fourth-order valence-corrected chi connectivity index (χ4v) is 3.13. The minimum Gasteiger partial charge on any atom is -0.488 e. The Balaban J connectivity index is 1.58. The minimum atomic E-state index is 0.0905. The van der Waals surface area contributed by atoms with Crippen LogP contribution in [0.1, 0.15) is 17.2 Å². The molecule has 2 aromatic carbocycles. The van der Waals surface area contributed by atoms with Crippen LogP contribution in [0.25, 0.3) is 0 Å². The van der Waals surface area contributed by atoms with Gasteiger partial charge in [0.1, 0.15) is 11.9 Å². The normalized spacial score (nSPS) is 22.1. The highest BCUT2D eigenvalue weighted by Crippen LogP contribution is 2.38. The smallest absolute Gasteiger partial charge is 0.231 e. The summed E-state index contributed by atoms with van der Waals surface area (Å²) in [6.45, 7) is 0.285. The summed E-state index contributed by atoms with van der Waals surface area (Å²) >= 11 is 0. The van der Waals surface area contributed by atoms with Crippen LogP contribution in [0.3, 0.4) is 0 Å². The fraction of sp³-hybridized carbons (Fsp3) is 0.294. The van der Waals surface area contributed by atoms with Crippen LogP contribution in [0.15, 0.2) is 42.5 Å². The van der Waals surface area contributed by atoms with E-state index in [0.717, 1.165) is 23.7 Å². The molecule has 108 valence electrons. The van der Waals surface area contributed by atoms with Crippen LogP contribution in [0.5, 0.6) is 17.2 Å².